The molecule has 7 nitrogen and oxygen atoms in total. The third kappa shape index (κ3) is 4.45. The maximum absolute atomic E-state index is 12.5. The molecule has 0 radical (unpaired) electrons. The van der Waals surface area contributed by atoms with Gasteiger partial charge in [-0.15, -0.1) is 0 Å². The number of amides is 2. The van der Waals surface area contributed by atoms with E-state index < -0.39 is 11.8 Å². The van der Waals surface area contributed by atoms with Gasteiger partial charge in [-0.2, -0.15) is 5.10 Å². The number of benzene rings is 1. The molecule has 8 heteroatoms. The minimum absolute atomic E-state index is 0.0985. The number of Topliss-reactive ketones (excluding diaryl/α,β-unsaturated/α-hetero) is 1. The Kier molecular flexibility index (Phi) is 5.58. The molecule has 2 rings (SSSR count). The van der Waals surface area contributed by atoms with E-state index in [1.165, 1.54) is 17.7 Å². The van der Waals surface area contributed by atoms with E-state index in [1.54, 1.807) is 33.0 Å². The fourth-order valence-corrected chi connectivity index (χ4v) is 2.66. The highest BCUT2D eigenvalue weighted by Crippen LogP contribution is 2.26. The molecule has 0 fully saturated rings. The molecule has 1 aromatic carbocycles. The zero-order valence-electron chi connectivity index (χ0n) is 14.4. The summed E-state index contributed by atoms with van der Waals surface area (Å²) in [5.41, 5.74) is 2.24. The second-order valence-corrected chi connectivity index (χ2v) is 6.22. The maximum atomic E-state index is 12.5. The average Bonchev–Trinajstić information content (AvgIpc) is 2.85. The molecule has 0 atom stereocenters. The van der Waals surface area contributed by atoms with Crippen molar-refractivity contribution in [3.63, 3.8) is 0 Å². The lowest BCUT2D eigenvalue weighted by Gasteiger charge is -2.14. The monoisotopic (exact) mass is 362 g/mol. The Morgan fingerprint density at radius 2 is 1.84 bits per heavy atom. The van der Waals surface area contributed by atoms with Crippen molar-refractivity contribution in [1.82, 2.24) is 15.1 Å². The molecule has 0 saturated heterocycles. The Morgan fingerprint density at radius 1 is 1.16 bits per heavy atom. The molecule has 1 aromatic heterocycles. The van der Waals surface area contributed by atoms with Gasteiger partial charge in [0.2, 0.25) is 0 Å². The second kappa shape index (κ2) is 7.48. The predicted octanol–water partition coefficient (Wildman–Crippen LogP) is 2.26. The van der Waals surface area contributed by atoms with Crippen molar-refractivity contribution in [3.05, 3.63) is 45.7 Å². The number of nitrogens with zero attached hydrogens (tertiary/aromatic N) is 2. The summed E-state index contributed by atoms with van der Waals surface area (Å²) in [5.74, 6) is -1.06. The van der Waals surface area contributed by atoms with Crippen molar-refractivity contribution in [1.29, 1.82) is 0 Å². The molecule has 132 valence electrons. The SMILES string of the molecule is CC(=O)CNC(=O)c1cc(Cl)cc(C)c1NC(=O)c1cc(C)nn1C. The van der Waals surface area contributed by atoms with Gasteiger partial charge in [0.05, 0.1) is 23.5 Å². The quantitative estimate of drug-likeness (QED) is 0.853. The third-order valence-electron chi connectivity index (χ3n) is 3.52. The number of aromatic nitrogens is 2. The van der Waals surface area contributed by atoms with Gasteiger partial charge in [0.25, 0.3) is 11.8 Å². The lowest BCUT2D eigenvalue weighted by molar-refractivity contribution is -0.116. The first-order valence-corrected chi connectivity index (χ1v) is 7.96. The van der Waals surface area contributed by atoms with Crippen LogP contribution in [0.4, 0.5) is 5.69 Å². The highest BCUT2D eigenvalue weighted by Gasteiger charge is 2.19. The van der Waals surface area contributed by atoms with Gasteiger partial charge < -0.3 is 10.6 Å². The largest absolute Gasteiger partial charge is 0.345 e. The van der Waals surface area contributed by atoms with Crippen LogP contribution in [0.2, 0.25) is 5.02 Å². The normalized spacial score (nSPS) is 10.4. The van der Waals surface area contributed by atoms with Crippen LogP contribution in [0.5, 0.6) is 0 Å². The van der Waals surface area contributed by atoms with Crippen molar-refractivity contribution < 1.29 is 14.4 Å². The Morgan fingerprint density at radius 3 is 2.40 bits per heavy atom. The molecule has 1 heterocycles. The fraction of sp³-hybridized carbons (Fsp3) is 0.294. The molecule has 0 unspecified atom stereocenters. The number of rotatable bonds is 5. The Balaban J connectivity index is 2.36. The zero-order chi connectivity index (χ0) is 18.7. The van der Waals surface area contributed by atoms with E-state index in [0.29, 0.717) is 27.7 Å². The van der Waals surface area contributed by atoms with Crippen molar-refractivity contribution in [2.75, 3.05) is 11.9 Å². The summed E-state index contributed by atoms with van der Waals surface area (Å²) >= 11 is 6.04. The maximum Gasteiger partial charge on any atom is 0.273 e. The Hall–Kier alpha value is -2.67. The number of halogens is 1. The van der Waals surface area contributed by atoms with Crippen LogP contribution in [0.25, 0.3) is 0 Å². The molecular formula is C17H19ClN4O3. The minimum Gasteiger partial charge on any atom is -0.345 e. The van der Waals surface area contributed by atoms with Crippen LogP contribution in [0.3, 0.4) is 0 Å². The van der Waals surface area contributed by atoms with E-state index in [1.807, 2.05) is 0 Å². The summed E-state index contributed by atoms with van der Waals surface area (Å²) in [7, 11) is 1.66. The second-order valence-electron chi connectivity index (χ2n) is 5.78. The first-order valence-electron chi connectivity index (χ1n) is 7.58. The van der Waals surface area contributed by atoms with Crippen LogP contribution in [-0.4, -0.2) is 33.9 Å². The Labute approximate surface area is 150 Å². The molecule has 0 aliphatic rings. The number of anilines is 1. The number of ketones is 1. The summed E-state index contributed by atoms with van der Waals surface area (Å²) in [5, 5.41) is 9.74. The highest BCUT2D eigenvalue weighted by molar-refractivity contribution is 6.31. The summed E-state index contributed by atoms with van der Waals surface area (Å²) in [6.45, 7) is 4.79. The smallest absolute Gasteiger partial charge is 0.273 e. The summed E-state index contributed by atoms with van der Waals surface area (Å²) in [6, 6.07) is 4.75. The van der Waals surface area contributed by atoms with Crippen molar-refractivity contribution >= 4 is 34.9 Å². The Bertz CT molecular complexity index is 858. The summed E-state index contributed by atoms with van der Waals surface area (Å²) < 4.78 is 1.46. The van der Waals surface area contributed by atoms with E-state index in [9.17, 15) is 14.4 Å². The van der Waals surface area contributed by atoms with Crippen molar-refractivity contribution in [3.8, 4) is 0 Å². The van der Waals surface area contributed by atoms with Gasteiger partial charge in [0, 0.05) is 12.1 Å². The molecule has 0 aliphatic carbocycles. The van der Waals surface area contributed by atoms with Crippen molar-refractivity contribution in [2.24, 2.45) is 7.05 Å². The molecule has 2 amide bonds. The predicted molar refractivity (Wildman–Crippen MR) is 95.1 cm³/mol. The highest BCUT2D eigenvalue weighted by atomic mass is 35.5. The van der Waals surface area contributed by atoms with Gasteiger partial charge in [-0.05, 0) is 44.5 Å². The molecule has 0 bridgehead atoms. The van der Waals surface area contributed by atoms with Gasteiger partial charge in [0.15, 0.2) is 0 Å². The van der Waals surface area contributed by atoms with Crippen molar-refractivity contribution in [2.45, 2.75) is 20.8 Å². The molecule has 25 heavy (non-hydrogen) atoms. The molecule has 0 spiro atoms. The van der Waals surface area contributed by atoms with Crippen LogP contribution >= 0.6 is 11.6 Å². The van der Waals surface area contributed by atoms with Gasteiger partial charge in [-0.1, -0.05) is 11.6 Å². The molecule has 0 aliphatic heterocycles. The zero-order valence-corrected chi connectivity index (χ0v) is 15.2. The molecule has 2 aromatic rings. The lowest BCUT2D eigenvalue weighted by atomic mass is 10.1. The van der Waals surface area contributed by atoms with Gasteiger partial charge >= 0.3 is 0 Å². The van der Waals surface area contributed by atoms with E-state index in [4.69, 9.17) is 11.6 Å². The standard InChI is InChI=1S/C17H19ClN4O3/c1-9-5-12(18)7-13(16(24)19-8-11(3)23)15(9)20-17(25)14-6-10(2)21-22(14)4/h5-7H,8H2,1-4H3,(H,19,24)(H,20,25). The number of nitrogens with one attached hydrogen (secondary N) is 2. The lowest BCUT2D eigenvalue weighted by Crippen LogP contribution is -2.29. The number of hydrogen-bond donors (Lipinski definition) is 2. The van der Waals surface area contributed by atoms with Gasteiger partial charge in [-0.25, -0.2) is 0 Å². The van der Waals surface area contributed by atoms with E-state index in [2.05, 4.69) is 15.7 Å². The first kappa shape index (κ1) is 18.7. The number of aryl methyl sites for hydroxylation is 3. The summed E-state index contributed by atoms with van der Waals surface area (Å²) in [6.07, 6.45) is 0. The topological polar surface area (TPSA) is 93.1 Å². The van der Waals surface area contributed by atoms with Crippen LogP contribution in [0.15, 0.2) is 18.2 Å². The third-order valence-corrected chi connectivity index (χ3v) is 3.73. The van der Waals surface area contributed by atoms with Crippen LogP contribution in [0, 0.1) is 13.8 Å². The van der Waals surface area contributed by atoms with E-state index in [0.717, 1.165) is 0 Å². The van der Waals surface area contributed by atoms with Crippen LogP contribution in [-0.2, 0) is 11.8 Å². The average molecular weight is 363 g/mol. The first-order chi connectivity index (χ1) is 11.7. The number of carbonyl (C=O) groups excluding carboxylic acids is 3. The van der Waals surface area contributed by atoms with Crippen LogP contribution in [0.1, 0.15) is 39.0 Å². The number of hydrogen-bond acceptors (Lipinski definition) is 4. The van der Waals surface area contributed by atoms with Gasteiger partial charge in [-0.3, -0.25) is 19.1 Å². The molecule has 0 saturated carbocycles. The van der Waals surface area contributed by atoms with E-state index in [-0.39, 0.29) is 17.9 Å². The number of carbonyl (C=O) groups is 3. The molecular weight excluding hydrogens is 344 g/mol. The van der Waals surface area contributed by atoms with E-state index >= 15 is 0 Å². The van der Waals surface area contributed by atoms with Crippen LogP contribution < -0.4 is 10.6 Å². The fourth-order valence-electron chi connectivity index (χ4n) is 2.39. The summed E-state index contributed by atoms with van der Waals surface area (Å²) in [4.78, 5) is 36.0. The molecule has 2 N–H and O–H groups in total. The van der Waals surface area contributed by atoms with Gasteiger partial charge in [0.1, 0.15) is 11.5 Å². The minimum atomic E-state index is -0.489.